The fraction of sp³-hybridized carbons (Fsp3) is 0.353. The lowest BCUT2D eigenvalue weighted by molar-refractivity contribution is 0.0763. The summed E-state index contributed by atoms with van der Waals surface area (Å²) in [6, 6.07) is 8.73. The molecule has 134 valence electrons. The van der Waals surface area contributed by atoms with Crippen LogP contribution >= 0.6 is 0 Å². The van der Waals surface area contributed by atoms with E-state index < -0.39 is 5.82 Å². The van der Waals surface area contributed by atoms with Gasteiger partial charge in [-0.05, 0) is 18.2 Å². The highest BCUT2D eigenvalue weighted by atomic mass is 19.1. The molecule has 1 amide bonds. The Balaban J connectivity index is 1.95. The van der Waals surface area contributed by atoms with Gasteiger partial charge in [0.1, 0.15) is 12.3 Å². The molecular formula is C17H20FN3O4. The van der Waals surface area contributed by atoms with Gasteiger partial charge in [-0.25, -0.2) is 9.07 Å². The van der Waals surface area contributed by atoms with Gasteiger partial charge in [0, 0.05) is 20.2 Å². The Bertz CT molecular complexity index is 778. The summed E-state index contributed by atoms with van der Waals surface area (Å²) in [4.78, 5) is 25.5. The second-order valence-electron chi connectivity index (χ2n) is 5.28. The van der Waals surface area contributed by atoms with Crippen molar-refractivity contribution in [3.63, 3.8) is 0 Å². The fourth-order valence-electron chi connectivity index (χ4n) is 2.05. The Hall–Kier alpha value is -2.74. The van der Waals surface area contributed by atoms with Crippen molar-refractivity contribution in [3.8, 4) is 5.75 Å². The Morgan fingerprint density at radius 3 is 2.72 bits per heavy atom. The van der Waals surface area contributed by atoms with Crippen LogP contribution in [0.25, 0.3) is 0 Å². The van der Waals surface area contributed by atoms with Crippen molar-refractivity contribution in [2.75, 3.05) is 33.9 Å². The summed E-state index contributed by atoms with van der Waals surface area (Å²) in [6.45, 7) is 0.950. The highest BCUT2D eigenvalue weighted by molar-refractivity contribution is 5.91. The predicted molar refractivity (Wildman–Crippen MR) is 89.2 cm³/mol. The number of para-hydroxylation sites is 1. The maximum Gasteiger partial charge on any atom is 0.274 e. The lowest BCUT2D eigenvalue weighted by Crippen LogP contribution is -2.34. The molecule has 2 rings (SSSR count). The predicted octanol–water partition coefficient (Wildman–Crippen LogP) is 1.18. The van der Waals surface area contributed by atoms with Crippen LogP contribution in [-0.2, 0) is 11.3 Å². The first-order valence-corrected chi connectivity index (χ1v) is 7.73. The molecule has 0 unspecified atom stereocenters. The monoisotopic (exact) mass is 349 g/mol. The van der Waals surface area contributed by atoms with E-state index in [-0.39, 0.29) is 42.6 Å². The quantitative estimate of drug-likeness (QED) is 0.715. The van der Waals surface area contributed by atoms with Gasteiger partial charge in [-0.15, -0.1) is 0 Å². The van der Waals surface area contributed by atoms with Gasteiger partial charge in [-0.2, -0.15) is 5.10 Å². The molecule has 7 nitrogen and oxygen atoms in total. The molecule has 1 heterocycles. The zero-order chi connectivity index (χ0) is 18.2. The first-order valence-electron chi connectivity index (χ1n) is 7.73. The van der Waals surface area contributed by atoms with Crippen molar-refractivity contribution >= 4 is 5.91 Å². The lowest BCUT2D eigenvalue weighted by atomic mass is 10.3. The van der Waals surface area contributed by atoms with Crippen molar-refractivity contribution in [3.05, 3.63) is 58.3 Å². The first-order chi connectivity index (χ1) is 12.0. The maximum absolute atomic E-state index is 13.5. The summed E-state index contributed by atoms with van der Waals surface area (Å²) in [5.74, 6) is -0.679. The third-order valence-electron chi connectivity index (χ3n) is 3.46. The molecule has 0 atom stereocenters. The molecule has 0 aliphatic heterocycles. The second kappa shape index (κ2) is 8.93. The van der Waals surface area contributed by atoms with E-state index in [4.69, 9.17) is 9.47 Å². The first kappa shape index (κ1) is 18.6. The van der Waals surface area contributed by atoms with Crippen LogP contribution in [0.2, 0.25) is 0 Å². The van der Waals surface area contributed by atoms with Gasteiger partial charge in [0.15, 0.2) is 11.6 Å². The minimum atomic E-state index is -0.455. The van der Waals surface area contributed by atoms with Crippen molar-refractivity contribution in [1.82, 2.24) is 14.7 Å². The third kappa shape index (κ3) is 5.12. The highest BCUT2D eigenvalue weighted by Crippen LogP contribution is 2.15. The summed E-state index contributed by atoms with van der Waals surface area (Å²) < 4.78 is 24.9. The SMILES string of the molecule is COCCn1nc(C(=O)N(C)CCOc2ccccc2F)ccc1=O. The van der Waals surface area contributed by atoms with E-state index in [1.807, 2.05) is 0 Å². The van der Waals surface area contributed by atoms with Gasteiger partial charge >= 0.3 is 0 Å². The van der Waals surface area contributed by atoms with Crippen LogP contribution in [0.15, 0.2) is 41.2 Å². The largest absolute Gasteiger partial charge is 0.489 e. The van der Waals surface area contributed by atoms with E-state index in [2.05, 4.69) is 5.10 Å². The zero-order valence-electron chi connectivity index (χ0n) is 14.1. The summed E-state index contributed by atoms with van der Waals surface area (Å²) in [7, 11) is 3.10. The van der Waals surface area contributed by atoms with Crippen molar-refractivity contribution < 1.29 is 18.7 Å². The average Bonchev–Trinajstić information content (AvgIpc) is 2.62. The molecule has 8 heteroatoms. The van der Waals surface area contributed by atoms with E-state index in [1.54, 1.807) is 19.2 Å². The molecule has 2 aromatic rings. The number of rotatable bonds is 8. The normalized spacial score (nSPS) is 10.5. The van der Waals surface area contributed by atoms with Crippen LogP contribution in [0.4, 0.5) is 4.39 Å². The third-order valence-corrected chi connectivity index (χ3v) is 3.46. The number of carbonyl (C=O) groups is 1. The standard InChI is InChI=1S/C17H20FN3O4/c1-20(9-12-25-15-6-4-3-5-13(15)18)17(23)14-7-8-16(22)21(19-14)10-11-24-2/h3-8H,9-12H2,1-2H3. The molecule has 0 radical (unpaired) electrons. The van der Waals surface area contributed by atoms with Gasteiger partial charge in [-0.1, -0.05) is 12.1 Å². The van der Waals surface area contributed by atoms with Crippen LogP contribution in [0.5, 0.6) is 5.75 Å². The van der Waals surface area contributed by atoms with Crippen molar-refractivity contribution in [2.45, 2.75) is 6.54 Å². The Morgan fingerprint density at radius 2 is 2.00 bits per heavy atom. The summed E-state index contributed by atoms with van der Waals surface area (Å²) in [5.41, 5.74) is -0.164. The molecule has 1 aromatic carbocycles. The number of aromatic nitrogens is 2. The smallest absolute Gasteiger partial charge is 0.274 e. The maximum atomic E-state index is 13.5. The molecule has 0 aliphatic carbocycles. The molecule has 0 saturated carbocycles. The number of carbonyl (C=O) groups excluding carboxylic acids is 1. The van der Waals surface area contributed by atoms with Crippen LogP contribution < -0.4 is 10.3 Å². The Labute approximate surface area is 144 Å². The van der Waals surface area contributed by atoms with Crippen molar-refractivity contribution in [2.24, 2.45) is 0 Å². The van der Waals surface area contributed by atoms with Gasteiger partial charge in [0.25, 0.3) is 11.5 Å². The number of likely N-dealkylation sites (N-methyl/N-ethyl adjacent to an activating group) is 1. The number of hydrogen-bond donors (Lipinski definition) is 0. The summed E-state index contributed by atoms with van der Waals surface area (Å²) in [5, 5.41) is 4.04. The minimum absolute atomic E-state index is 0.131. The van der Waals surface area contributed by atoms with Gasteiger partial charge in [0.05, 0.1) is 19.7 Å². The molecule has 0 fully saturated rings. The molecule has 0 spiro atoms. The number of nitrogens with zero attached hydrogens (tertiary/aromatic N) is 3. The van der Waals surface area contributed by atoms with E-state index in [0.29, 0.717) is 6.61 Å². The Kier molecular flexibility index (Phi) is 6.64. The zero-order valence-corrected chi connectivity index (χ0v) is 14.1. The lowest BCUT2D eigenvalue weighted by Gasteiger charge is -2.17. The highest BCUT2D eigenvalue weighted by Gasteiger charge is 2.15. The van der Waals surface area contributed by atoms with Crippen molar-refractivity contribution in [1.29, 1.82) is 0 Å². The van der Waals surface area contributed by atoms with Gasteiger partial charge in [0.2, 0.25) is 0 Å². The fourth-order valence-corrected chi connectivity index (χ4v) is 2.05. The topological polar surface area (TPSA) is 73.7 Å². The number of benzene rings is 1. The number of amides is 1. The number of halogens is 1. The van der Waals surface area contributed by atoms with Gasteiger partial charge < -0.3 is 14.4 Å². The van der Waals surface area contributed by atoms with Gasteiger partial charge in [-0.3, -0.25) is 9.59 Å². The minimum Gasteiger partial charge on any atom is -0.489 e. The van der Waals surface area contributed by atoms with E-state index in [9.17, 15) is 14.0 Å². The molecule has 0 aliphatic rings. The second-order valence-corrected chi connectivity index (χ2v) is 5.28. The molecule has 0 N–H and O–H groups in total. The molecule has 1 aromatic heterocycles. The molecular weight excluding hydrogens is 329 g/mol. The Morgan fingerprint density at radius 1 is 1.24 bits per heavy atom. The van der Waals surface area contributed by atoms with Crippen LogP contribution in [-0.4, -0.2) is 54.5 Å². The van der Waals surface area contributed by atoms with E-state index >= 15 is 0 Å². The number of methoxy groups -OCH3 is 1. The number of ether oxygens (including phenoxy) is 2. The molecule has 0 bridgehead atoms. The van der Waals surface area contributed by atoms with Crippen LogP contribution in [0, 0.1) is 5.82 Å². The number of hydrogen-bond acceptors (Lipinski definition) is 5. The molecule has 25 heavy (non-hydrogen) atoms. The van der Waals surface area contributed by atoms with Crippen LogP contribution in [0.1, 0.15) is 10.5 Å². The summed E-state index contributed by atoms with van der Waals surface area (Å²) >= 11 is 0. The van der Waals surface area contributed by atoms with E-state index in [0.717, 1.165) is 0 Å². The molecule has 0 saturated heterocycles. The van der Waals surface area contributed by atoms with E-state index in [1.165, 1.54) is 41.0 Å². The van der Waals surface area contributed by atoms with Crippen LogP contribution in [0.3, 0.4) is 0 Å². The summed E-state index contributed by atoms with van der Waals surface area (Å²) in [6.07, 6.45) is 0. The average molecular weight is 349 g/mol.